The third-order valence-electron chi connectivity index (χ3n) is 7.34. The molecule has 6 nitrogen and oxygen atoms in total. The first-order valence-corrected chi connectivity index (χ1v) is 11.0. The fraction of sp³-hybridized carbons (Fsp3) is 0.652. The molecule has 29 heavy (non-hydrogen) atoms. The average molecular weight is 400 g/mol. The number of unbranched alkanes of at least 4 members (excludes halogenated alkanes) is 1. The zero-order chi connectivity index (χ0) is 20.8. The van der Waals surface area contributed by atoms with Crippen LogP contribution in [0.25, 0.3) is 11.1 Å². The number of benzene rings is 1. The lowest BCUT2D eigenvalue weighted by Gasteiger charge is -2.51. The minimum absolute atomic E-state index is 0.305. The first-order valence-electron chi connectivity index (χ1n) is 11.0. The molecule has 1 aliphatic heterocycles. The maximum absolute atomic E-state index is 12.1. The molecule has 4 rings (SSSR count). The maximum atomic E-state index is 12.1. The summed E-state index contributed by atoms with van der Waals surface area (Å²) in [6.45, 7) is 4.95. The van der Waals surface area contributed by atoms with Crippen LogP contribution in [0.2, 0.25) is 0 Å². The van der Waals surface area contributed by atoms with Crippen molar-refractivity contribution in [1.82, 2.24) is 9.47 Å². The van der Waals surface area contributed by atoms with E-state index in [1.165, 1.54) is 42.2 Å². The summed E-state index contributed by atoms with van der Waals surface area (Å²) >= 11 is 0. The number of aromatic nitrogens is 1. The molecule has 2 aliphatic rings. The number of carbonyl (C=O) groups excluding carboxylic acids is 1. The minimum atomic E-state index is -0.336. The molecule has 2 unspecified atom stereocenters. The van der Waals surface area contributed by atoms with Gasteiger partial charge in [-0.15, -0.1) is 0 Å². The number of primary amides is 1. The third kappa shape index (κ3) is 3.81. The molecule has 1 saturated carbocycles. The van der Waals surface area contributed by atoms with Crippen LogP contribution >= 0.6 is 0 Å². The van der Waals surface area contributed by atoms with E-state index in [9.17, 15) is 9.59 Å². The monoisotopic (exact) mass is 399 g/mol. The number of piperidine rings is 1. The van der Waals surface area contributed by atoms with E-state index < -0.39 is 0 Å². The number of aryl methyl sites for hydroxylation is 1. The summed E-state index contributed by atoms with van der Waals surface area (Å²) in [4.78, 5) is 25.8. The van der Waals surface area contributed by atoms with Crippen LogP contribution in [0.5, 0.6) is 0 Å². The smallest absolute Gasteiger partial charge is 0.408 e. The number of hydrogen-bond donors (Lipinski definition) is 1. The Morgan fingerprint density at radius 3 is 2.62 bits per heavy atom. The molecule has 0 radical (unpaired) electrons. The van der Waals surface area contributed by atoms with E-state index in [1.54, 1.807) is 7.05 Å². The van der Waals surface area contributed by atoms with Crippen molar-refractivity contribution in [3.63, 3.8) is 0 Å². The van der Waals surface area contributed by atoms with Crippen LogP contribution in [0, 0.1) is 11.8 Å². The highest BCUT2D eigenvalue weighted by atomic mass is 16.4. The number of amides is 2. The molecular weight excluding hydrogens is 366 g/mol. The van der Waals surface area contributed by atoms with E-state index in [0.717, 1.165) is 24.3 Å². The molecule has 1 saturated heterocycles. The number of nitrogens with zero attached hydrogens (tertiary/aromatic N) is 2. The maximum Gasteiger partial charge on any atom is 0.419 e. The summed E-state index contributed by atoms with van der Waals surface area (Å²) in [7, 11) is 1.73. The van der Waals surface area contributed by atoms with Crippen molar-refractivity contribution in [3.8, 4) is 0 Å². The molecule has 2 fully saturated rings. The number of hydrogen-bond acceptors (Lipinski definition) is 3. The van der Waals surface area contributed by atoms with E-state index in [2.05, 4.69) is 19.9 Å². The van der Waals surface area contributed by atoms with Crippen molar-refractivity contribution in [2.45, 2.75) is 70.3 Å². The second-order valence-electron chi connectivity index (χ2n) is 9.53. The first-order chi connectivity index (χ1) is 13.8. The van der Waals surface area contributed by atoms with Gasteiger partial charge in [0.25, 0.3) is 0 Å². The number of carbonyl (C=O) groups is 1. The number of oxazole rings is 1. The molecule has 2 N–H and O–H groups in total. The predicted octanol–water partition coefficient (Wildman–Crippen LogP) is 4.36. The fourth-order valence-electron chi connectivity index (χ4n) is 5.38. The van der Waals surface area contributed by atoms with Gasteiger partial charge in [-0.1, -0.05) is 38.2 Å². The third-order valence-corrected chi connectivity index (χ3v) is 7.34. The molecule has 6 heteroatoms. The van der Waals surface area contributed by atoms with Gasteiger partial charge in [0, 0.05) is 19.1 Å². The number of nitrogens with two attached hydrogens (primary N) is 1. The van der Waals surface area contributed by atoms with Crippen LogP contribution in [0.3, 0.4) is 0 Å². The van der Waals surface area contributed by atoms with Gasteiger partial charge in [-0.2, -0.15) is 0 Å². The van der Waals surface area contributed by atoms with Gasteiger partial charge in [0.15, 0.2) is 5.58 Å². The Morgan fingerprint density at radius 2 is 1.93 bits per heavy atom. The largest absolute Gasteiger partial charge is 0.419 e. The van der Waals surface area contributed by atoms with Gasteiger partial charge in [0.05, 0.1) is 5.52 Å². The number of fused-ring (bicyclic) bond motifs is 1. The summed E-state index contributed by atoms with van der Waals surface area (Å²) in [5.41, 5.74) is 8.06. The van der Waals surface area contributed by atoms with Crippen molar-refractivity contribution in [2.75, 3.05) is 6.54 Å². The second kappa shape index (κ2) is 7.54. The summed E-state index contributed by atoms with van der Waals surface area (Å²) in [6, 6.07) is 5.79. The standard InChI is InChI=1S/C23H33N3O3/c1-23(2)18(7-5-4-6-15-8-9-15)17(12-13-26(23)21(24)27)16-10-11-19-20(14-16)29-22(28)25(19)3/h10-11,14-15,17-18H,4-9,12-13H2,1-3H3,(H2,24,27). The SMILES string of the molecule is Cn1c(=O)oc2cc(C3CCN(C(N)=O)C(C)(C)C3CCCCC3CC3)ccc21. The van der Waals surface area contributed by atoms with Gasteiger partial charge in [-0.3, -0.25) is 4.57 Å². The minimum Gasteiger partial charge on any atom is -0.408 e. The summed E-state index contributed by atoms with van der Waals surface area (Å²) in [5, 5.41) is 0. The summed E-state index contributed by atoms with van der Waals surface area (Å²) in [5.74, 6) is 1.25. The molecule has 158 valence electrons. The zero-order valence-corrected chi connectivity index (χ0v) is 17.8. The molecule has 0 spiro atoms. The molecule has 1 aromatic carbocycles. The Balaban J connectivity index is 1.61. The lowest BCUT2D eigenvalue weighted by molar-refractivity contribution is 0.0352. The van der Waals surface area contributed by atoms with Crippen molar-refractivity contribution < 1.29 is 9.21 Å². The molecule has 0 bridgehead atoms. The molecule has 2 amide bonds. The highest BCUT2D eigenvalue weighted by molar-refractivity contribution is 5.74. The van der Waals surface area contributed by atoms with Gasteiger partial charge >= 0.3 is 11.8 Å². The highest BCUT2D eigenvalue weighted by Gasteiger charge is 2.45. The Labute approximate surface area is 172 Å². The summed E-state index contributed by atoms with van der Waals surface area (Å²) < 4.78 is 6.97. The van der Waals surface area contributed by atoms with Crippen LogP contribution in [0.4, 0.5) is 4.79 Å². The Hall–Kier alpha value is -2.24. The lowest BCUT2D eigenvalue weighted by atomic mass is 9.67. The number of urea groups is 1. The lowest BCUT2D eigenvalue weighted by Crippen LogP contribution is -2.59. The topological polar surface area (TPSA) is 81.5 Å². The van der Waals surface area contributed by atoms with Crippen molar-refractivity contribution >= 4 is 17.1 Å². The average Bonchev–Trinajstić information content (AvgIpc) is 3.44. The van der Waals surface area contributed by atoms with Crippen LogP contribution in [-0.2, 0) is 7.05 Å². The van der Waals surface area contributed by atoms with Crippen molar-refractivity contribution in [2.24, 2.45) is 24.6 Å². The molecule has 2 heterocycles. The Kier molecular flexibility index (Phi) is 5.21. The molecule has 1 aromatic heterocycles. The summed E-state index contributed by atoms with van der Waals surface area (Å²) in [6.07, 6.45) is 8.51. The molecule has 2 aromatic rings. The van der Waals surface area contributed by atoms with Gasteiger partial charge < -0.3 is 15.1 Å². The van der Waals surface area contributed by atoms with E-state index in [0.29, 0.717) is 24.0 Å². The van der Waals surface area contributed by atoms with Gasteiger partial charge in [-0.25, -0.2) is 9.59 Å². The highest BCUT2D eigenvalue weighted by Crippen LogP contribution is 2.46. The second-order valence-corrected chi connectivity index (χ2v) is 9.53. The van der Waals surface area contributed by atoms with Crippen LogP contribution in [-0.4, -0.2) is 27.6 Å². The predicted molar refractivity (Wildman–Crippen MR) is 114 cm³/mol. The van der Waals surface area contributed by atoms with Crippen LogP contribution in [0.15, 0.2) is 27.4 Å². The zero-order valence-electron chi connectivity index (χ0n) is 17.8. The van der Waals surface area contributed by atoms with Gasteiger partial charge in [-0.05, 0) is 62.1 Å². The first kappa shape index (κ1) is 20.0. The normalized spacial score (nSPS) is 24.2. The van der Waals surface area contributed by atoms with Crippen LogP contribution < -0.4 is 11.5 Å². The van der Waals surface area contributed by atoms with Gasteiger partial charge in [0.1, 0.15) is 0 Å². The Bertz CT molecular complexity index is 954. The van der Waals surface area contributed by atoms with Gasteiger partial charge in [0.2, 0.25) is 0 Å². The van der Waals surface area contributed by atoms with E-state index in [1.807, 2.05) is 17.0 Å². The van der Waals surface area contributed by atoms with E-state index >= 15 is 0 Å². The molecule has 1 aliphatic carbocycles. The fourth-order valence-corrected chi connectivity index (χ4v) is 5.38. The van der Waals surface area contributed by atoms with Crippen molar-refractivity contribution in [1.29, 1.82) is 0 Å². The van der Waals surface area contributed by atoms with Crippen LogP contribution in [0.1, 0.15) is 70.3 Å². The number of likely N-dealkylation sites (tertiary alicyclic amines) is 1. The quantitative estimate of drug-likeness (QED) is 0.733. The molecular formula is C23H33N3O3. The number of rotatable bonds is 6. The van der Waals surface area contributed by atoms with Crippen molar-refractivity contribution in [3.05, 3.63) is 34.3 Å². The van der Waals surface area contributed by atoms with E-state index in [4.69, 9.17) is 10.2 Å². The Morgan fingerprint density at radius 1 is 1.21 bits per heavy atom. The van der Waals surface area contributed by atoms with E-state index in [-0.39, 0.29) is 17.3 Å². The molecule has 2 atom stereocenters.